The largest absolute Gasteiger partial charge is 0.370 e. The van der Waals surface area contributed by atoms with Crippen molar-refractivity contribution in [3.05, 3.63) is 47.9 Å². The summed E-state index contributed by atoms with van der Waals surface area (Å²) in [5.74, 6) is 0.790. The Hall–Kier alpha value is -2.43. The van der Waals surface area contributed by atoms with E-state index in [9.17, 15) is 4.79 Å². The van der Waals surface area contributed by atoms with Gasteiger partial charge in [-0.15, -0.1) is 0 Å². The van der Waals surface area contributed by atoms with Gasteiger partial charge in [0.15, 0.2) is 0 Å². The molecule has 0 unspecified atom stereocenters. The van der Waals surface area contributed by atoms with E-state index in [0.717, 1.165) is 30.6 Å². The fraction of sp³-hybridized carbons (Fsp3) is 0.389. The first-order valence-electron chi connectivity index (χ1n) is 8.08. The van der Waals surface area contributed by atoms with Crippen molar-refractivity contribution in [3.8, 4) is 0 Å². The quantitative estimate of drug-likeness (QED) is 0.756. The summed E-state index contributed by atoms with van der Waals surface area (Å²) in [5, 5.41) is 6.15. The Morgan fingerprint density at radius 3 is 2.74 bits per heavy atom. The zero-order valence-corrected chi connectivity index (χ0v) is 14.0. The van der Waals surface area contributed by atoms with Crippen LogP contribution in [0.15, 0.2) is 36.7 Å². The van der Waals surface area contributed by atoms with Crippen LogP contribution in [0.25, 0.3) is 0 Å². The molecule has 2 aromatic rings. The van der Waals surface area contributed by atoms with E-state index < -0.39 is 0 Å². The van der Waals surface area contributed by atoms with Gasteiger partial charge >= 0.3 is 0 Å². The molecule has 1 heterocycles. The molecule has 1 amide bonds. The third kappa shape index (κ3) is 4.77. The van der Waals surface area contributed by atoms with Crippen molar-refractivity contribution < 1.29 is 4.79 Å². The van der Waals surface area contributed by atoms with Gasteiger partial charge in [0.1, 0.15) is 17.8 Å². The van der Waals surface area contributed by atoms with E-state index >= 15 is 0 Å². The van der Waals surface area contributed by atoms with Crippen LogP contribution in [0.3, 0.4) is 0 Å². The Morgan fingerprint density at radius 1 is 1.22 bits per heavy atom. The van der Waals surface area contributed by atoms with Gasteiger partial charge < -0.3 is 10.6 Å². The molecule has 1 aromatic carbocycles. The average molecular weight is 312 g/mol. The predicted molar refractivity (Wildman–Crippen MR) is 93.9 cm³/mol. The lowest BCUT2D eigenvalue weighted by Gasteiger charge is -2.13. The molecule has 2 rings (SSSR count). The van der Waals surface area contributed by atoms with Crippen molar-refractivity contribution in [2.24, 2.45) is 0 Å². The van der Waals surface area contributed by atoms with E-state index in [4.69, 9.17) is 0 Å². The Morgan fingerprint density at radius 2 is 2.00 bits per heavy atom. The summed E-state index contributed by atoms with van der Waals surface area (Å²) < 4.78 is 0. The number of hydrogen-bond acceptors (Lipinski definition) is 4. The molecule has 0 aliphatic rings. The first-order chi connectivity index (χ1) is 11.1. The molecule has 122 valence electrons. The smallest absolute Gasteiger partial charge is 0.274 e. The van der Waals surface area contributed by atoms with Crippen LogP contribution in [-0.2, 0) is 0 Å². The minimum Gasteiger partial charge on any atom is -0.370 e. The van der Waals surface area contributed by atoms with Crippen molar-refractivity contribution in [1.82, 2.24) is 9.97 Å². The summed E-state index contributed by atoms with van der Waals surface area (Å²) in [4.78, 5) is 20.7. The monoisotopic (exact) mass is 312 g/mol. The zero-order chi connectivity index (χ0) is 16.7. The number of benzene rings is 1. The maximum absolute atomic E-state index is 12.4. The Balaban J connectivity index is 2.10. The number of nitrogens with one attached hydrogen (secondary N) is 2. The molecule has 0 fully saturated rings. The van der Waals surface area contributed by atoms with Crippen LogP contribution in [-0.4, -0.2) is 22.4 Å². The Labute approximate surface area is 137 Å². The molecule has 1 aromatic heterocycles. The molecule has 0 radical (unpaired) electrons. The van der Waals surface area contributed by atoms with Crippen molar-refractivity contribution in [3.63, 3.8) is 0 Å². The third-order valence-corrected chi connectivity index (χ3v) is 3.57. The molecule has 2 N–H and O–H groups in total. The number of hydrogen-bond donors (Lipinski definition) is 2. The van der Waals surface area contributed by atoms with Crippen LogP contribution in [0, 0.1) is 0 Å². The average Bonchev–Trinajstić information content (AvgIpc) is 2.55. The summed E-state index contributed by atoms with van der Waals surface area (Å²) >= 11 is 0. The standard InChI is InChI=1S/C18H24N4O/c1-4-5-10-19-17-11-16(20-12-21-17)18(23)22-15-9-7-6-8-14(15)13(2)3/h6-9,11-13H,4-5,10H2,1-3H3,(H,22,23)(H,19,20,21). The SMILES string of the molecule is CCCCNc1cc(C(=O)Nc2ccccc2C(C)C)ncn1. The zero-order valence-electron chi connectivity index (χ0n) is 14.0. The number of rotatable bonds is 7. The molecule has 0 spiro atoms. The minimum atomic E-state index is -0.223. The van der Waals surface area contributed by atoms with Crippen molar-refractivity contribution in [2.45, 2.75) is 39.5 Å². The van der Waals surface area contributed by atoms with Crippen LogP contribution >= 0.6 is 0 Å². The summed E-state index contributed by atoms with van der Waals surface area (Å²) in [6.07, 6.45) is 3.59. The Bertz CT molecular complexity index is 655. The van der Waals surface area contributed by atoms with Gasteiger partial charge in [-0.05, 0) is 24.0 Å². The van der Waals surface area contributed by atoms with E-state index in [1.54, 1.807) is 6.07 Å². The highest BCUT2D eigenvalue weighted by atomic mass is 16.1. The summed E-state index contributed by atoms with van der Waals surface area (Å²) in [6, 6.07) is 9.51. The molecule has 5 nitrogen and oxygen atoms in total. The maximum atomic E-state index is 12.4. The predicted octanol–water partition coefficient (Wildman–Crippen LogP) is 4.06. The minimum absolute atomic E-state index is 0.223. The lowest BCUT2D eigenvalue weighted by molar-refractivity contribution is 0.102. The number of amides is 1. The molecule has 23 heavy (non-hydrogen) atoms. The second-order valence-electron chi connectivity index (χ2n) is 5.76. The molecule has 0 saturated carbocycles. The number of anilines is 2. The summed E-state index contributed by atoms with van der Waals surface area (Å²) in [7, 11) is 0. The number of carbonyl (C=O) groups excluding carboxylic acids is 1. The fourth-order valence-electron chi connectivity index (χ4n) is 2.27. The van der Waals surface area contributed by atoms with Crippen molar-refractivity contribution >= 4 is 17.4 Å². The van der Waals surface area contributed by atoms with Crippen LogP contribution < -0.4 is 10.6 Å². The van der Waals surface area contributed by atoms with Crippen LogP contribution in [0.2, 0.25) is 0 Å². The van der Waals surface area contributed by atoms with E-state index in [1.165, 1.54) is 6.33 Å². The molecule has 0 saturated heterocycles. The van der Waals surface area contributed by atoms with Crippen LogP contribution in [0.5, 0.6) is 0 Å². The lowest BCUT2D eigenvalue weighted by atomic mass is 10.0. The van der Waals surface area contributed by atoms with E-state index in [-0.39, 0.29) is 5.91 Å². The highest BCUT2D eigenvalue weighted by Gasteiger charge is 2.12. The molecule has 5 heteroatoms. The maximum Gasteiger partial charge on any atom is 0.274 e. The molecular weight excluding hydrogens is 288 g/mol. The summed E-state index contributed by atoms with van der Waals surface area (Å²) in [6.45, 7) is 7.17. The van der Waals surface area contributed by atoms with Crippen LogP contribution in [0.4, 0.5) is 11.5 Å². The number of unbranched alkanes of at least 4 members (excludes halogenated alkanes) is 1. The molecular formula is C18H24N4O. The summed E-state index contributed by atoms with van der Waals surface area (Å²) in [5.41, 5.74) is 2.29. The number of carbonyl (C=O) groups is 1. The highest BCUT2D eigenvalue weighted by Crippen LogP contribution is 2.24. The highest BCUT2D eigenvalue weighted by molar-refractivity contribution is 6.03. The lowest BCUT2D eigenvalue weighted by Crippen LogP contribution is -2.16. The number of aromatic nitrogens is 2. The van der Waals surface area contributed by atoms with Gasteiger partial charge in [-0.25, -0.2) is 9.97 Å². The number of para-hydroxylation sites is 1. The molecule has 0 atom stereocenters. The topological polar surface area (TPSA) is 66.9 Å². The normalized spacial score (nSPS) is 10.6. The molecule has 0 bridgehead atoms. The van der Waals surface area contributed by atoms with Gasteiger partial charge in [0, 0.05) is 18.3 Å². The molecule has 0 aliphatic carbocycles. The molecule has 0 aliphatic heterocycles. The van der Waals surface area contributed by atoms with Crippen molar-refractivity contribution in [2.75, 3.05) is 17.2 Å². The van der Waals surface area contributed by atoms with Gasteiger partial charge in [-0.3, -0.25) is 4.79 Å². The van der Waals surface area contributed by atoms with E-state index in [0.29, 0.717) is 17.4 Å². The van der Waals surface area contributed by atoms with Gasteiger partial charge in [0.2, 0.25) is 0 Å². The third-order valence-electron chi connectivity index (χ3n) is 3.57. The van der Waals surface area contributed by atoms with Crippen LogP contribution in [0.1, 0.15) is 55.6 Å². The van der Waals surface area contributed by atoms with Crippen molar-refractivity contribution in [1.29, 1.82) is 0 Å². The second-order valence-corrected chi connectivity index (χ2v) is 5.76. The first-order valence-corrected chi connectivity index (χ1v) is 8.08. The van der Waals surface area contributed by atoms with E-state index in [1.807, 2.05) is 24.3 Å². The van der Waals surface area contributed by atoms with Gasteiger partial charge in [-0.2, -0.15) is 0 Å². The second kappa shape index (κ2) is 8.27. The first kappa shape index (κ1) is 16.9. The Kier molecular flexibility index (Phi) is 6.09. The van der Waals surface area contributed by atoms with E-state index in [2.05, 4.69) is 41.4 Å². The van der Waals surface area contributed by atoms with Gasteiger partial charge in [0.05, 0.1) is 0 Å². The van der Waals surface area contributed by atoms with Gasteiger partial charge in [-0.1, -0.05) is 45.4 Å². The number of nitrogens with zero attached hydrogens (tertiary/aromatic N) is 2. The van der Waals surface area contributed by atoms with Gasteiger partial charge in [0.25, 0.3) is 5.91 Å². The fourth-order valence-corrected chi connectivity index (χ4v) is 2.27.